The van der Waals surface area contributed by atoms with Crippen LogP contribution in [0.4, 0.5) is 0 Å². The second-order valence-corrected chi connectivity index (χ2v) is 4.34. The number of hydrogen-bond acceptors (Lipinski definition) is 3. The quantitative estimate of drug-likeness (QED) is 0.721. The zero-order valence-corrected chi connectivity index (χ0v) is 9.67. The highest BCUT2D eigenvalue weighted by Gasteiger charge is 2.27. The third kappa shape index (κ3) is 1.81. The van der Waals surface area contributed by atoms with Crippen molar-refractivity contribution in [1.29, 1.82) is 0 Å². The Kier molecular flexibility index (Phi) is 2.60. The van der Waals surface area contributed by atoms with Crippen molar-refractivity contribution in [2.24, 2.45) is 7.05 Å². The minimum atomic E-state index is 0.181. The summed E-state index contributed by atoms with van der Waals surface area (Å²) in [4.78, 5) is 13.3. The molecule has 6 heteroatoms. The molecule has 1 fully saturated rings. The van der Waals surface area contributed by atoms with Gasteiger partial charge in [0.05, 0.1) is 0 Å². The number of amides is 1. The highest BCUT2D eigenvalue weighted by Crippen LogP contribution is 2.26. The van der Waals surface area contributed by atoms with Gasteiger partial charge >= 0.3 is 0 Å². The second-order valence-electron chi connectivity index (χ2n) is 3.95. The number of H-pyrrole nitrogens is 1. The van der Waals surface area contributed by atoms with Crippen molar-refractivity contribution in [3.05, 3.63) is 10.6 Å². The Hall–Kier alpha value is -1.17. The highest BCUT2D eigenvalue weighted by atomic mass is 32.1. The predicted octanol–water partition coefficient (Wildman–Crippen LogP) is 0.813. The van der Waals surface area contributed by atoms with Crippen LogP contribution < -0.4 is 0 Å². The van der Waals surface area contributed by atoms with Crippen LogP contribution in [-0.2, 0) is 11.8 Å². The maximum Gasteiger partial charge on any atom is 0.223 e. The van der Waals surface area contributed by atoms with Crippen LogP contribution in [0.15, 0.2) is 0 Å². The number of rotatable bonds is 1. The van der Waals surface area contributed by atoms with Gasteiger partial charge in [-0.3, -0.25) is 9.89 Å². The molecule has 0 saturated carbocycles. The number of carbonyl (C=O) groups excluding carboxylic acids is 1. The first-order valence-electron chi connectivity index (χ1n) is 4.95. The van der Waals surface area contributed by atoms with Crippen LogP contribution in [0.2, 0.25) is 0 Å². The maximum atomic E-state index is 11.5. The third-order valence-corrected chi connectivity index (χ3v) is 3.30. The van der Waals surface area contributed by atoms with E-state index in [0.29, 0.717) is 11.2 Å². The van der Waals surface area contributed by atoms with E-state index in [1.807, 2.05) is 18.7 Å². The average Bonchev–Trinajstić information content (AvgIpc) is 2.53. The Morgan fingerprint density at radius 1 is 1.53 bits per heavy atom. The molecule has 1 atom stereocenters. The molecular formula is C9H14N4OS. The Morgan fingerprint density at radius 2 is 2.27 bits per heavy atom. The van der Waals surface area contributed by atoms with E-state index in [1.54, 1.807) is 4.90 Å². The van der Waals surface area contributed by atoms with Crippen molar-refractivity contribution < 1.29 is 4.79 Å². The number of hydrogen-bond donors (Lipinski definition) is 1. The molecule has 5 nitrogen and oxygen atoms in total. The lowest BCUT2D eigenvalue weighted by Crippen LogP contribution is -2.35. The Labute approximate surface area is 93.1 Å². The van der Waals surface area contributed by atoms with Gasteiger partial charge < -0.3 is 9.47 Å². The van der Waals surface area contributed by atoms with Gasteiger partial charge in [-0.1, -0.05) is 0 Å². The summed E-state index contributed by atoms with van der Waals surface area (Å²) in [7, 11) is 3.71. The first-order chi connectivity index (χ1) is 7.09. The highest BCUT2D eigenvalue weighted by molar-refractivity contribution is 7.71. The lowest BCUT2D eigenvalue weighted by Gasteiger charge is -2.27. The minimum Gasteiger partial charge on any atom is -0.346 e. The summed E-state index contributed by atoms with van der Waals surface area (Å²) in [5.74, 6) is 1.27. The molecule has 1 saturated heterocycles. The smallest absolute Gasteiger partial charge is 0.223 e. The largest absolute Gasteiger partial charge is 0.346 e. The van der Waals surface area contributed by atoms with Crippen molar-refractivity contribution in [3.63, 3.8) is 0 Å². The van der Waals surface area contributed by atoms with Crippen molar-refractivity contribution in [3.8, 4) is 0 Å². The predicted molar refractivity (Wildman–Crippen MR) is 58.0 cm³/mol. The fourth-order valence-electron chi connectivity index (χ4n) is 1.89. The number of carbonyl (C=O) groups is 1. The zero-order chi connectivity index (χ0) is 11.0. The first kappa shape index (κ1) is 10.4. The van der Waals surface area contributed by atoms with E-state index in [1.165, 1.54) is 0 Å². The number of likely N-dealkylation sites (tertiary alicyclic amines) is 1. The van der Waals surface area contributed by atoms with Gasteiger partial charge in [0.25, 0.3) is 0 Å². The second kappa shape index (κ2) is 3.77. The van der Waals surface area contributed by atoms with Crippen molar-refractivity contribution in [1.82, 2.24) is 19.7 Å². The molecule has 1 amide bonds. The normalized spacial score (nSPS) is 22.1. The molecule has 1 N–H and O–H groups in total. The summed E-state index contributed by atoms with van der Waals surface area (Å²) in [6, 6.07) is 0. The number of nitrogens with one attached hydrogen (secondary N) is 1. The third-order valence-electron chi connectivity index (χ3n) is 2.94. The lowest BCUT2D eigenvalue weighted by atomic mass is 9.96. The van der Waals surface area contributed by atoms with E-state index in [-0.39, 0.29) is 11.8 Å². The molecule has 2 heterocycles. The fraction of sp³-hybridized carbons (Fsp3) is 0.667. The van der Waals surface area contributed by atoms with Crippen LogP contribution in [0, 0.1) is 4.77 Å². The maximum absolute atomic E-state index is 11.5. The molecule has 0 spiro atoms. The SMILES string of the molecule is CN1CCC(c2n[nH]c(=S)n2C)CC1=O. The summed E-state index contributed by atoms with van der Waals surface area (Å²) >= 11 is 5.05. The Balaban J connectivity index is 2.22. The molecular weight excluding hydrogens is 212 g/mol. The molecule has 15 heavy (non-hydrogen) atoms. The van der Waals surface area contributed by atoms with Gasteiger partial charge in [-0.2, -0.15) is 5.10 Å². The van der Waals surface area contributed by atoms with E-state index < -0.39 is 0 Å². The Morgan fingerprint density at radius 3 is 2.80 bits per heavy atom. The number of nitrogens with zero attached hydrogens (tertiary/aromatic N) is 3. The van der Waals surface area contributed by atoms with Crippen molar-refractivity contribution in [2.45, 2.75) is 18.8 Å². The summed E-state index contributed by atoms with van der Waals surface area (Å²) in [6.07, 6.45) is 1.49. The van der Waals surface area contributed by atoms with Gasteiger partial charge in [0.1, 0.15) is 5.82 Å². The monoisotopic (exact) mass is 226 g/mol. The van der Waals surface area contributed by atoms with Crippen LogP contribution >= 0.6 is 12.2 Å². The van der Waals surface area contributed by atoms with E-state index in [4.69, 9.17) is 12.2 Å². The summed E-state index contributed by atoms with van der Waals surface area (Å²) in [5.41, 5.74) is 0. The number of piperidine rings is 1. The van der Waals surface area contributed by atoms with E-state index in [2.05, 4.69) is 10.2 Å². The molecule has 1 aliphatic heterocycles. The molecule has 0 aliphatic carbocycles. The van der Waals surface area contributed by atoms with Gasteiger partial charge in [-0.15, -0.1) is 0 Å². The van der Waals surface area contributed by atoms with E-state index in [9.17, 15) is 4.79 Å². The molecule has 1 aliphatic rings. The minimum absolute atomic E-state index is 0.181. The van der Waals surface area contributed by atoms with Gasteiger partial charge in [0.2, 0.25) is 5.91 Å². The molecule has 1 aromatic heterocycles. The fourth-order valence-corrected chi connectivity index (χ4v) is 2.03. The van der Waals surface area contributed by atoms with Gasteiger partial charge in [0, 0.05) is 33.0 Å². The average molecular weight is 226 g/mol. The van der Waals surface area contributed by atoms with E-state index in [0.717, 1.165) is 18.8 Å². The Bertz CT molecular complexity index is 436. The number of aromatic nitrogens is 3. The van der Waals surface area contributed by atoms with Crippen LogP contribution in [0.5, 0.6) is 0 Å². The number of aromatic amines is 1. The summed E-state index contributed by atoms with van der Waals surface area (Å²) < 4.78 is 2.45. The standard InChI is InChI=1S/C9H14N4OS/c1-12-4-3-6(5-7(12)14)8-10-11-9(15)13(8)2/h6H,3-5H2,1-2H3,(H,11,15). The summed E-state index contributed by atoms with van der Waals surface area (Å²) in [5, 5.41) is 6.92. The van der Waals surface area contributed by atoms with Crippen molar-refractivity contribution in [2.75, 3.05) is 13.6 Å². The topological polar surface area (TPSA) is 53.9 Å². The molecule has 2 rings (SSSR count). The van der Waals surface area contributed by atoms with E-state index >= 15 is 0 Å². The molecule has 1 unspecified atom stereocenters. The van der Waals surface area contributed by atoms with Gasteiger partial charge in [-0.05, 0) is 18.6 Å². The lowest BCUT2D eigenvalue weighted by molar-refractivity contribution is -0.132. The van der Waals surface area contributed by atoms with Crippen LogP contribution in [0.25, 0.3) is 0 Å². The molecule has 0 bridgehead atoms. The van der Waals surface area contributed by atoms with Crippen LogP contribution in [0.3, 0.4) is 0 Å². The zero-order valence-electron chi connectivity index (χ0n) is 8.86. The van der Waals surface area contributed by atoms with Gasteiger partial charge in [-0.25, -0.2) is 0 Å². The molecule has 82 valence electrons. The molecule has 1 aromatic rings. The first-order valence-corrected chi connectivity index (χ1v) is 5.35. The van der Waals surface area contributed by atoms with Crippen LogP contribution in [0.1, 0.15) is 24.6 Å². The molecule has 0 aromatic carbocycles. The molecule has 0 radical (unpaired) electrons. The van der Waals surface area contributed by atoms with Crippen molar-refractivity contribution >= 4 is 18.1 Å². The van der Waals surface area contributed by atoms with Gasteiger partial charge in [0.15, 0.2) is 4.77 Å². The van der Waals surface area contributed by atoms with Crippen LogP contribution in [-0.4, -0.2) is 39.2 Å². The summed E-state index contributed by atoms with van der Waals surface area (Å²) in [6.45, 7) is 0.795.